The lowest BCUT2D eigenvalue weighted by Crippen LogP contribution is -2.35. The van der Waals surface area contributed by atoms with E-state index in [9.17, 15) is 14.4 Å². The van der Waals surface area contributed by atoms with Crippen molar-refractivity contribution in [1.29, 1.82) is 0 Å². The molecule has 2 fully saturated rings. The number of rotatable bonds is 2. The predicted molar refractivity (Wildman–Crippen MR) is 75.1 cm³/mol. The number of nitrogens with zero attached hydrogens (tertiary/aromatic N) is 1. The lowest BCUT2D eigenvalue weighted by atomic mass is 9.85. The zero-order chi connectivity index (χ0) is 15.4. The number of hydrogen-bond donors (Lipinski definition) is 0. The van der Waals surface area contributed by atoms with Crippen LogP contribution < -0.4 is 4.90 Å². The summed E-state index contributed by atoms with van der Waals surface area (Å²) in [7, 11) is 1.26. The van der Waals surface area contributed by atoms with Crippen molar-refractivity contribution in [2.45, 2.75) is 12.2 Å². The van der Waals surface area contributed by atoms with E-state index < -0.39 is 17.8 Å². The molecule has 1 aromatic rings. The van der Waals surface area contributed by atoms with Crippen molar-refractivity contribution in [2.75, 3.05) is 12.0 Å². The van der Waals surface area contributed by atoms with Gasteiger partial charge < -0.3 is 9.47 Å². The molecule has 22 heavy (non-hydrogen) atoms. The Morgan fingerprint density at radius 3 is 2.27 bits per heavy atom. The summed E-state index contributed by atoms with van der Waals surface area (Å²) in [6.45, 7) is 0. The Bertz CT molecular complexity index is 695. The SMILES string of the molecule is COC(=O)c1ccccc1N1C(=O)[C@@H]2[C@@H](C1=O)[C@H]1C=C[C@@H]2O1. The minimum absolute atomic E-state index is 0.202. The van der Waals surface area contributed by atoms with Gasteiger partial charge in [0.15, 0.2) is 0 Å². The molecular formula is C16H13NO5. The van der Waals surface area contributed by atoms with E-state index in [0.717, 1.165) is 4.90 Å². The summed E-state index contributed by atoms with van der Waals surface area (Å²) >= 11 is 0. The molecule has 4 atom stereocenters. The summed E-state index contributed by atoms with van der Waals surface area (Å²) in [6, 6.07) is 6.47. The highest BCUT2D eigenvalue weighted by Crippen LogP contribution is 2.46. The van der Waals surface area contributed by atoms with E-state index >= 15 is 0 Å². The Hall–Kier alpha value is -2.47. The number of carbonyl (C=O) groups is 3. The van der Waals surface area contributed by atoms with Crippen molar-refractivity contribution in [3.05, 3.63) is 42.0 Å². The normalized spacial score (nSPS) is 31.8. The molecule has 3 aliphatic rings. The Morgan fingerprint density at radius 2 is 1.68 bits per heavy atom. The first kappa shape index (κ1) is 13.2. The molecule has 0 aliphatic carbocycles. The second-order valence-electron chi connectivity index (χ2n) is 5.52. The van der Waals surface area contributed by atoms with Gasteiger partial charge >= 0.3 is 5.97 Å². The summed E-state index contributed by atoms with van der Waals surface area (Å²) in [5.74, 6) is -2.20. The molecule has 2 bridgehead atoms. The maximum atomic E-state index is 12.7. The van der Waals surface area contributed by atoms with Gasteiger partial charge in [-0.05, 0) is 12.1 Å². The van der Waals surface area contributed by atoms with Crippen molar-refractivity contribution < 1.29 is 23.9 Å². The van der Waals surface area contributed by atoms with Crippen LogP contribution in [0, 0.1) is 11.8 Å². The van der Waals surface area contributed by atoms with E-state index in [1.54, 1.807) is 24.3 Å². The van der Waals surface area contributed by atoms with Gasteiger partial charge in [-0.15, -0.1) is 0 Å². The van der Waals surface area contributed by atoms with Gasteiger partial charge in [0, 0.05) is 0 Å². The molecule has 2 saturated heterocycles. The van der Waals surface area contributed by atoms with Crippen LogP contribution in [-0.2, 0) is 19.1 Å². The van der Waals surface area contributed by atoms with Crippen LogP contribution in [0.25, 0.3) is 0 Å². The zero-order valence-electron chi connectivity index (χ0n) is 11.8. The van der Waals surface area contributed by atoms with Crippen LogP contribution in [0.5, 0.6) is 0 Å². The van der Waals surface area contributed by atoms with Crippen LogP contribution in [0.4, 0.5) is 5.69 Å². The van der Waals surface area contributed by atoms with E-state index in [2.05, 4.69) is 0 Å². The second-order valence-corrected chi connectivity index (χ2v) is 5.52. The van der Waals surface area contributed by atoms with Gasteiger partial charge in [-0.25, -0.2) is 9.69 Å². The molecule has 3 heterocycles. The fourth-order valence-corrected chi connectivity index (χ4v) is 3.49. The van der Waals surface area contributed by atoms with Gasteiger partial charge in [0.2, 0.25) is 11.8 Å². The van der Waals surface area contributed by atoms with Crippen LogP contribution in [0.1, 0.15) is 10.4 Å². The van der Waals surface area contributed by atoms with Gasteiger partial charge in [0.05, 0.1) is 42.4 Å². The molecular weight excluding hydrogens is 286 g/mol. The van der Waals surface area contributed by atoms with Crippen molar-refractivity contribution in [1.82, 2.24) is 0 Å². The maximum absolute atomic E-state index is 12.7. The zero-order valence-corrected chi connectivity index (χ0v) is 11.8. The van der Waals surface area contributed by atoms with E-state index in [1.807, 2.05) is 12.2 Å². The number of imide groups is 1. The number of fused-ring (bicyclic) bond motifs is 5. The molecule has 112 valence electrons. The Kier molecular flexibility index (Phi) is 2.71. The Balaban J connectivity index is 1.78. The number of hydrogen-bond acceptors (Lipinski definition) is 5. The number of benzene rings is 1. The van der Waals surface area contributed by atoms with E-state index in [4.69, 9.17) is 9.47 Å². The van der Waals surface area contributed by atoms with E-state index in [0.29, 0.717) is 0 Å². The number of esters is 1. The molecule has 0 radical (unpaired) electrons. The maximum Gasteiger partial charge on any atom is 0.339 e. The fourth-order valence-electron chi connectivity index (χ4n) is 3.49. The number of ether oxygens (including phenoxy) is 2. The topological polar surface area (TPSA) is 72.9 Å². The van der Waals surface area contributed by atoms with Crippen molar-refractivity contribution >= 4 is 23.5 Å². The summed E-state index contributed by atoms with van der Waals surface area (Å²) < 4.78 is 10.3. The first-order valence-corrected chi connectivity index (χ1v) is 7.02. The van der Waals surface area contributed by atoms with Gasteiger partial charge in [-0.1, -0.05) is 24.3 Å². The molecule has 0 aromatic heterocycles. The highest BCUT2D eigenvalue weighted by Gasteiger charge is 2.61. The molecule has 0 spiro atoms. The third-order valence-corrected chi connectivity index (χ3v) is 4.46. The average molecular weight is 299 g/mol. The van der Waals surface area contributed by atoms with Crippen LogP contribution >= 0.6 is 0 Å². The minimum atomic E-state index is -0.578. The molecule has 2 amide bonds. The standard InChI is InChI=1S/C16H13NO5/c1-21-16(20)8-4-2-3-5-9(8)17-14(18)12-10-6-7-11(22-10)13(12)15(17)19/h2-7,10-13H,1H3/t10-,11+,12-,13-/m0/s1. The van der Waals surface area contributed by atoms with Gasteiger partial charge in [0.25, 0.3) is 0 Å². The third-order valence-electron chi connectivity index (χ3n) is 4.46. The average Bonchev–Trinajstić information content (AvgIpc) is 3.21. The van der Waals surface area contributed by atoms with E-state index in [-0.39, 0.29) is 35.3 Å². The Morgan fingerprint density at radius 1 is 1.09 bits per heavy atom. The molecule has 4 rings (SSSR count). The molecule has 3 aliphatic heterocycles. The minimum Gasteiger partial charge on any atom is -0.465 e. The van der Waals surface area contributed by atoms with Crippen molar-refractivity contribution in [2.24, 2.45) is 11.8 Å². The highest BCUT2D eigenvalue weighted by molar-refractivity contribution is 6.24. The number of anilines is 1. The fraction of sp³-hybridized carbons (Fsp3) is 0.312. The van der Waals surface area contributed by atoms with Crippen LogP contribution in [0.2, 0.25) is 0 Å². The summed E-state index contributed by atoms with van der Waals surface area (Å²) in [4.78, 5) is 38.4. The molecule has 6 heteroatoms. The van der Waals surface area contributed by atoms with Crippen LogP contribution in [0.3, 0.4) is 0 Å². The number of methoxy groups -OCH3 is 1. The van der Waals surface area contributed by atoms with E-state index in [1.165, 1.54) is 7.11 Å². The van der Waals surface area contributed by atoms with Crippen LogP contribution in [-0.4, -0.2) is 37.1 Å². The van der Waals surface area contributed by atoms with Gasteiger partial charge in [-0.2, -0.15) is 0 Å². The summed E-state index contributed by atoms with van der Waals surface area (Å²) in [5, 5.41) is 0. The number of para-hydroxylation sites is 1. The molecule has 0 unspecified atom stereocenters. The number of carbonyl (C=O) groups excluding carboxylic acids is 3. The largest absolute Gasteiger partial charge is 0.465 e. The summed E-state index contributed by atoms with van der Waals surface area (Å²) in [5.41, 5.74) is 0.478. The Labute approximate surface area is 126 Å². The number of amides is 2. The first-order chi connectivity index (χ1) is 10.6. The highest BCUT2D eigenvalue weighted by atomic mass is 16.5. The van der Waals surface area contributed by atoms with Crippen LogP contribution in [0.15, 0.2) is 36.4 Å². The molecule has 0 saturated carbocycles. The quantitative estimate of drug-likeness (QED) is 0.461. The predicted octanol–water partition coefficient (Wildman–Crippen LogP) is 0.916. The second kappa shape index (κ2) is 4.51. The smallest absolute Gasteiger partial charge is 0.339 e. The van der Waals surface area contributed by atoms with Gasteiger partial charge in [-0.3, -0.25) is 9.59 Å². The monoisotopic (exact) mass is 299 g/mol. The molecule has 0 N–H and O–H groups in total. The lowest BCUT2D eigenvalue weighted by Gasteiger charge is -2.19. The lowest BCUT2D eigenvalue weighted by molar-refractivity contribution is -0.124. The van der Waals surface area contributed by atoms with Gasteiger partial charge in [0.1, 0.15) is 0 Å². The molecule has 1 aromatic carbocycles. The van der Waals surface area contributed by atoms with Crippen molar-refractivity contribution in [3.8, 4) is 0 Å². The third kappa shape index (κ3) is 1.55. The summed E-state index contributed by atoms with van der Waals surface area (Å²) in [6.07, 6.45) is 2.96. The first-order valence-electron chi connectivity index (χ1n) is 7.02. The molecule has 6 nitrogen and oxygen atoms in total. The van der Waals surface area contributed by atoms with Crippen molar-refractivity contribution in [3.63, 3.8) is 0 Å².